The predicted molar refractivity (Wildman–Crippen MR) is 96.1 cm³/mol. The molecule has 24 heavy (non-hydrogen) atoms. The van der Waals surface area contributed by atoms with Gasteiger partial charge in [0.05, 0.1) is 5.52 Å². The summed E-state index contributed by atoms with van der Waals surface area (Å²) in [7, 11) is 0. The number of fused-ring (bicyclic) bond motifs is 1. The van der Waals surface area contributed by atoms with Gasteiger partial charge in [-0.2, -0.15) is 0 Å². The fourth-order valence-corrected chi connectivity index (χ4v) is 3.38. The maximum atomic E-state index is 11.3. The predicted octanol–water partition coefficient (Wildman–Crippen LogP) is 3.73. The van der Waals surface area contributed by atoms with Crippen molar-refractivity contribution < 1.29 is 0 Å². The molecule has 1 fully saturated rings. The third-order valence-electron chi connectivity index (χ3n) is 4.70. The van der Waals surface area contributed by atoms with Crippen LogP contribution in [0.2, 0.25) is 0 Å². The molecule has 3 aromatic rings. The monoisotopic (exact) mass is 320 g/mol. The maximum absolute atomic E-state index is 11.3. The first-order valence-electron chi connectivity index (χ1n) is 8.50. The van der Waals surface area contributed by atoms with E-state index in [1.807, 2.05) is 18.2 Å². The molecule has 0 atom stereocenters. The Labute approximate surface area is 140 Å². The van der Waals surface area contributed by atoms with Crippen LogP contribution in [0.15, 0.2) is 47.7 Å². The summed E-state index contributed by atoms with van der Waals surface area (Å²) in [6.07, 6.45) is 9.65. The second-order valence-electron chi connectivity index (χ2n) is 6.38. The van der Waals surface area contributed by atoms with Crippen LogP contribution in [0.1, 0.15) is 32.1 Å². The number of pyridine rings is 1. The standard InChI is InChI=1S/C19H20N4O/c24-18-9-7-14(11-20-18)13-6-8-17-16(10-13)19(22-12-21-17)23-15-4-2-1-3-5-15/h6-12,15H,1-5H2,(H,20,24)(H,21,22,23). The Kier molecular flexibility index (Phi) is 3.99. The van der Waals surface area contributed by atoms with E-state index < -0.39 is 0 Å². The van der Waals surface area contributed by atoms with E-state index in [4.69, 9.17) is 0 Å². The Hall–Kier alpha value is -2.69. The molecule has 122 valence electrons. The molecule has 4 rings (SSSR count). The van der Waals surface area contributed by atoms with Gasteiger partial charge in [-0.15, -0.1) is 0 Å². The maximum Gasteiger partial charge on any atom is 0.247 e. The summed E-state index contributed by atoms with van der Waals surface area (Å²) in [4.78, 5) is 22.8. The summed E-state index contributed by atoms with van der Waals surface area (Å²) in [6.45, 7) is 0. The van der Waals surface area contributed by atoms with Crippen molar-refractivity contribution >= 4 is 16.7 Å². The largest absolute Gasteiger partial charge is 0.367 e. The third-order valence-corrected chi connectivity index (χ3v) is 4.70. The zero-order chi connectivity index (χ0) is 16.4. The molecule has 1 saturated carbocycles. The molecule has 0 saturated heterocycles. The molecule has 0 amide bonds. The lowest BCUT2D eigenvalue weighted by atomic mass is 9.95. The Morgan fingerprint density at radius 3 is 2.62 bits per heavy atom. The van der Waals surface area contributed by atoms with Crippen molar-refractivity contribution in [2.24, 2.45) is 0 Å². The van der Waals surface area contributed by atoms with E-state index in [1.165, 1.54) is 32.1 Å². The second kappa shape index (κ2) is 6.43. The number of rotatable bonds is 3. The fraction of sp³-hybridized carbons (Fsp3) is 0.316. The minimum Gasteiger partial charge on any atom is -0.367 e. The van der Waals surface area contributed by atoms with E-state index in [0.29, 0.717) is 6.04 Å². The van der Waals surface area contributed by atoms with E-state index in [9.17, 15) is 4.79 Å². The molecule has 2 aromatic heterocycles. The molecule has 1 aliphatic rings. The second-order valence-corrected chi connectivity index (χ2v) is 6.38. The molecular formula is C19H20N4O. The molecule has 0 spiro atoms. The summed E-state index contributed by atoms with van der Waals surface area (Å²) in [5, 5.41) is 4.62. The molecular weight excluding hydrogens is 300 g/mol. The van der Waals surface area contributed by atoms with Crippen LogP contribution in [0.3, 0.4) is 0 Å². The van der Waals surface area contributed by atoms with E-state index in [1.54, 1.807) is 18.6 Å². The molecule has 5 nitrogen and oxygen atoms in total. The van der Waals surface area contributed by atoms with Crippen LogP contribution in [0, 0.1) is 0 Å². The normalized spacial score (nSPS) is 15.5. The van der Waals surface area contributed by atoms with Gasteiger partial charge in [0.1, 0.15) is 12.1 Å². The molecule has 1 aromatic carbocycles. The van der Waals surface area contributed by atoms with Gasteiger partial charge in [0, 0.05) is 23.7 Å². The highest BCUT2D eigenvalue weighted by Crippen LogP contribution is 2.28. The summed E-state index contributed by atoms with van der Waals surface area (Å²) < 4.78 is 0. The smallest absolute Gasteiger partial charge is 0.247 e. The van der Waals surface area contributed by atoms with Gasteiger partial charge in [-0.25, -0.2) is 9.97 Å². The van der Waals surface area contributed by atoms with E-state index in [0.717, 1.165) is 27.8 Å². The van der Waals surface area contributed by atoms with Gasteiger partial charge in [-0.05, 0) is 42.2 Å². The van der Waals surface area contributed by atoms with Crippen LogP contribution in [-0.2, 0) is 0 Å². The fourth-order valence-electron chi connectivity index (χ4n) is 3.38. The molecule has 1 aliphatic carbocycles. The summed E-state index contributed by atoms with van der Waals surface area (Å²) >= 11 is 0. The summed E-state index contributed by atoms with van der Waals surface area (Å²) in [5.41, 5.74) is 2.85. The quantitative estimate of drug-likeness (QED) is 0.771. The van der Waals surface area contributed by atoms with Crippen molar-refractivity contribution in [1.29, 1.82) is 0 Å². The van der Waals surface area contributed by atoms with Gasteiger partial charge in [0.25, 0.3) is 0 Å². The minimum atomic E-state index is -0.0949. The zero-order valence-corrected chi connectivity index (χ0v) is 13.5. The van der Waals surface area contributed by atoms with E-state index in [2.05, 4.69) is 26.3 Å². The van der Waals surface area contributed by atoms with Crippen LogP contribution < -0.4 is 10.9 Å². The van der Waals surface area contributed by atoms with Crippen LogP contribution >= 0.6 is 0 Å². The lowest BCUT2D eigenvalue weighted by Crippen LogP contribution is -2.23. The lowest BCUT2D eigenvalue weighted by Gasteiger charge is -2.23. The average molecular weight is 320 g/mol. The first-order chi connectivity index (χ1) is 11.8. The van der Waals surface area contributed by atoms with Crippen LogP contribution in [0.4, 0.5) is 5.82 Å². The highest BCUT2D eigenvalue weighted by Gasteiger charge is 2.15. The number of nitrogens with zero attached hydrogens (tertiary/aromatic N) is 2. The first kappa shape index (κ1) is 14.9. The number of hydrogen-bond acceptors (Lipinski definition) is 4. The molecule has 5 heteroatoms. The zero-order valence-electron chi connectivity index (χ0n) is 13.5. The number of anilines is 1. The molecule has 0 bridgehead atoms. The highest BCUT2D eigenvalue weighted by molar-refractivity contribution is 5.92. The van der Waals surface area contributed by atoms with Gasteiger partial charge in [-0.3, -0.25) is 4.79 Å². The lowest BCUT2D eigenvalue weighted by molar-refractivity contribution is 0.462. The van der Waals surface area contributed by atoms with Crippen LogP contribution in [-0.4, -0.2) is 21.0 Å². The highest BCUT2D eigenvalue weighted by atomic mass is 16.1. The molecule has 2 heterocycles. The van der Waals surface area contributed by atoms with Gasteiger partial charge >= 0.3 is 0 Å². The van der Waals surface area contributed by atoms with Crippen molar-refractivity contribution in [2.45, 2.75) is 38.1 Å². The van der Waals surface area contributed by atoms with Gasteiger partial charge < -0.3 is 10.3 Å². The van der Waals surface area contributed by atoms with Gasteiger partial charge in [0.2, 0.25) is 5.56 Å². The first-order valence-corrected chi connectivity index (χ1v) is 8.50. The topological polar surface area (TPSA) is 70.7 Å². The number of benzene rings is 1. The van der Waals surface area contributed by atoms with Crippen molar-refractivity contribution in [1.82, 2.24) is 15.0 Å². The van der Waals surface area contributed by atoms with E-state index >= 15 is 0 Å². The molecule has 0 unspecified atom stereocenters. The number of H-pyrrole nitrogens is 1. The number of aromatic amines is 1. The van der Waals surface area contributed by atoms with Crippen molar-refractivity contribution in [3.63, 3.8) is 0 Å². The number of nitrogens with one attached hydrogen (secondary N) is 2. The van der Waals surface area contributed by atoms with Crippen molar-refractivity contribution in [3.8, 4) is 11.1 Å². The van der Waals surface area contributed by atoms with Crippen molar-refractivity contribution in [3.05, 3.63) is 53.2 Å². The van der Waals surface area contributed by atoms with Gasteiger partial charge in [-0.1, -0.05) is 25.3 Å². The summed E-state index contributed by atoms with van der Waals surface area (Å²) in [6, 6.07) is 9.99. The average Bonchev–Trinajstić information content (AvgIpc) is 2.63. The third kappa shape index (κ3) is 3.02. The summed E-state index contributed by atoms with van der Waals surface area (Å²) in [5.74, 6) is 0.901. The Balaban J connectivity index is 1.72. The van der Waals surface area contributed by atoms with E-state index in [-0.39, 0.29) is 5.56 Å². The number of hydrogen-bond donors (Lipinski definition) is 2. The Morgan fingerprint density at radius 2 is 1.83 bits per heavy atom. The SMILES string of the molecule is O=c1ccc(-c2ccc3ncnc(NC4CCCCC4)c3c2)c[nH]1. The molecule has 0 aliphatic heterocycles. The number of aromatic nitrogens is 3. The minimum absolute atomic E-state index is 0.0949. The molecule has 2 N–H and O–H groups in total. The van der Waals surface area contributed by atoms with Crippen LogP contribution in [0.25, 0.3) is 22.0 Å². The molecule has 0 radical (unpaired) electrons. The Bertz CT molecular complexity index is 892. The Morgan fingerprint density at radius 1 is 1.00 bits per heavy atom. The van der Waals surface area contributed by atoms with Gasteiger partial charge in [0.15, 0.2) is 0 Å². The van der Waals surface area contributed by atoms with Crippen molar-refractivity contribution in [2.75, 3.05) is 5.32 Å². The van der Waals surface area contributed by atoms with Crippen LogP contribution in [0.5, 0.6) is 0 Å².